The van der Waals surface area contributed by atoms with Crippen molar-refractivity contribution in [3.05, 3.63) is 30.3 Å². The van der Waals surface area contributed by atoms with Gasteiger partial charge in [0.2, 0.25) is 0 Å². The van der Waals surface area contributed by atoms with Crippen LogP contribution in [0, 0.1) is 0 Å². The molecule has 2 rings (SSSR count). The summed E-state index contributed by atoms with van der Waals surface area (Å²) >= 11 is -1.34. The quantitative estimate of drug-likeness (QED) is 0.768. The number of hydrogen-bond donors (Lipinski definition) is 0. The van der Waals surface area contributed by atoms with Crippen LogP contribution in [0.4, 0.5) is 0 Å². The second kappa shape index (κ2) is 5.95. The van der Waals surface area contributed by atoms with E-state index >= 15 is 0 Å². The number of rotatable bonds is 1. The van der Waals surface area contributed by atoms with Gasteiger partial charge in [-0.25, -0.2) is 0 Å². The molecule has 1 fully saturated rings. The van der Waals surface area contributed by atoms with E-state index in [2.05, 4.69) is 42.3 Å². The molecule has 0 spiro atoms. The monoisotopic (exact) mass is 305 g/mol. The summed E-state index contributed by atoms with van der Waals surface area (Å²) in [5.41, 5.74) is 0. The Hall–Kier alpha value is 0.0501. The van der Waals surface area contributed by atoms with Crippen molar-refractivity contribution in [2.24, 2.45) is 0 Å². The van der Waals surface area contributed by atoms with Crippen LogP contribution in [0.5, 0.6) is 0 Å². The number of hydrogen-bond acceptors (Lipinski definition) is 1. The van der Waals surface area contributed by atoms with Crippen molar-refractivity contribution in [3.63, 3.8) is 0 Å². The van der Waals surface area contributed by atoms with Crippen LogP contribution >= 0.6 is 0 Å². The maximum absolute atomic E-state index is 2.49. The van der Waals surface area contributed by atoms with Crippen molar-refractivity contribution in [1.29, 1.82) is 0 Å². The van der Waals surface area contributed by atoms with E-state index in [9.17, 15) is 0 Å². The topological polar surface area (TPSA) is 3.24 Å². The van der Waals surface area contributed by atoms with Crippen molar-refractivity contribution in [1.82, 2.24) is 4.90 Å². The maximum atomic E-state index is 2.49. The molecule has 1 saturated heterocycles. The first-order chi connectivity index (χ1) is 7.36. The Labute approximate surface area is 101 Å². The van der Waals surface area contributed by atoms with Gasteiger partial charge in [-0.3, -0.25) is 0 Å². The van der Waals surface area contributed by atoms with Gasteiger partial charge < -0.3 is 0 Å². The first-order valence-electron chi connectivity index (χ1n) is 6.10. The summed E-state index contributed by atoms with van der Waals surface area (Å²) in [5, 5.41) is 0. The van der Waals surface area contributed by atoms with Crippen LogP contribution in [0.25, 0.3) is 0 Å². The van der Waals surface area contributed by atoms with E-state index < -0.39 is 21.4 Å². The van der Waals surface area contributed by atoms with E-state index in [4.69, 9.17) is 0 Å². The molecule has 1 heterocycles. The molecule has 0 bridgehead atoms. The molecule has 0 saturated carbocycles. The summed E-state index contributed by atoms with van der Waals surface area (Å²) in [6, 6.07) is 11.3. The van der Waals surface area contributed by atoms with Crippen molar-refractivity contribution in [2.75, 3.05) is 20.1 Å². The molecule has 0 amide bonds. The molecule has 2 heteroatoms. The predicted molar refractivity (Wildman–Crippen MR) is 68.2 cm³/mol. The van der Waals surface area contributed by atoms with Gasteiger partial charge >= 0.3 is 101 Å². The zero-order valence-corrected chi connectivity index (χ0v) is 12.9. The SMILES string of the molecule is CN1CC[CH2][In]([c]2ccccc2)[CH2]CC1. The molecular weight excluding hydrogens is 285 g/mol. The van der Waals surface area contributed by atoms with E-state index in [0.29, 0.717) is 0 Å². The van der Waals surface area contributed by atoms with E-state index in [1.807, 2.05) is 0 Å². The summed E-state index contributed by atoms with van der Waals surface area (Å²) in [4.78, 5) is 2.49. The second-order valence-corrected chi connectivity index (χ2v) is 13.9. The van der Waals surface area contributed by atoms with Crippen molar-refractivity contribution in [2.45, 2.75) is 21.2 Å². The molecule has 0 aromatic heterocycles. The zero-order valence-electron chi connectivity index (χ0n) is 9.65. The van der Waals surface area contributed by atoms with Crippen LogP contribution < -0.4 is 3.32 Å². The Morgan fingerprint density at radius 1 is 1.00 bits per heavy atom. The van der Waals surface area contributed by atoms with Crippen LogP contribution in [0.1, 0.15) is 12.8 Å². The Kier molecular flexibility index (Phi) is 4.58. The summed E-state index contributed by atoms with van der Waals surface area (Å²) in [6.07, 6.45) is 2.87. The first-order valence-corrected chi connectivity index (χ1v) is 12.4. The van der Waals surface area contributed by atoms with Crippen LogP contribution in [0.2, 0.25) is 8.35 Å². The van der Waals surface area contributed by atoms with Crippen molar-refractivity contribution >= 4 is 24.8 Å². The molecule has 0 unspecified atom stereocenters. The van der Waals surface area contributed by atoms with Gasteiger partial charge in [-0.2, -0.15) is 0 Å². The molecular formula is C13H20InN. The van der Waals surface area contributed by atoms with Crippen LogP contribution in [0.3, 0.4) is 0 Å². The van der Waals surface area contributed by atoms with E-state index in [1.54, 1.807) is 11.7 Å². The van der Waals surface area contributed by atoms with Crippen LogP contribution in [-0.2, 0) is 0 Å². The van der Waals surface area contributed by atoms with E-state index in [1.165, 1.54) is 25.9 Å². The number of nitrogens with zero attached hydrogens (tertiary/aromatic N) is 1. The minimum atomic E-state index is -1.34. The first kappa shape index (κ1) is 11.5. The minimum absolute atomic E-state index is 1.32. The van der Waals surface area contributed by atoms with Crippen molar-refractivity contribution in [3.8, 4) is 0 Å². The molecule has 1 aliphatic rings. The summed E-state index contributed by atoms with van der Waals surface area (Å²) < 4.78 is 4.88. The molecule has 0 N–H and O–H groups in total. The van der Waals surface area contributed by atoms with Gasteiger partial charge in [-0.05, 0) is 0 Å². The van der Waals surface area contributed by atoms with Gasteiger partial charge in [0, 0.05) is 0 Å². The van der Waals surface area contributed by atoms with Crippen molar-refractivity contribution < 1.29 is 0 Å². The Bertz CT molecular complexity index is 276. The fourth-order valence-electron chi connectivity index (χ4n) is 2.53. The third-order valence-electron chi connectivity index (χ3n) is 3.46. The average molecular weight is 305 g/mol. The fraction of sp³-hybridized carbons (Fsp3) is 0.538. The standard InChI is InChI=1S/C7H15N.C6H5.In/c1-4-6-8(3)7-5-2;1-2-4-6-5-3-1;/h1-2,4-7H2,3H3;1-5H;. The summed E-state index contributed by atoms with van der Waals surface area (Å²) in [5.74, 6) is 0. The Morgan fingerprint density at radius 2 is 1.60 bits per heavy atom. The van der Waals surface area contributed by atoms with Gasteiger partial charge in [0.15, 0.2) is 0 Å². The molecule has 0 aliphatic carbocycles. The summed E-state index contributed by atoms with van der Waals surface area (Å²) in [7, 11) is 2.26. The molecule has 1 aliphatic heterocycles. The molecule has 1 aromatic carbocycles. The van der Waals surface area contributed by atoms with Gasteiger partial charge in [0.1, 0.15) is 0 Å². The molecule has 80 valence electrons. The van der Waals surface area contributed by atoms with Gasteiger partial charge in [-0.1, -0.05) is 0 Å². The van der Waals surface area contributed by atoms with E-state index in [0.717, 1.165) is 0 Å². The third kappa shape index (κ3) is 3.53. The Morgan fingerprint density at radius 3 is 2.20 bits per heavy atom. The van der Waals surface area contributed by atoms with Gasteiger partial charge in [0.25, 0.3) is 0 Å². The van der Waals surface area contributed by atoms with Gasteiger partial charge in [-0.15, -0.1) is 0 Å². The molecule has 0 atom stereocenters. The molecule has 0 radical (unpaired) electrons. The third-order valence-corrected chi connectivity index (χ3v) is 13.6. The van der Waals surface area contributed by atoms with Gasteiger partial charge in [0.05, 0.1) is 0 Å². The molecule has 1 nitrogen and oxygen atoms in total. The Balaban J connectivity index is 1.98. The second-order valence-electron chi connectivity index (χ2n) is 4.70. The van der Waals surface area contributed by atoms with Crippen LogP contribution in [-0.4, -0.2) is 46.5 Å². The zero-order chi connectivity index (χ0) is 10.5. The molecule has 1 aromatic rings. The summed E-state index contributed by atoms with van der Waals surface area (Å²) in [6.45, 7) is 2.64. The normalized spacial score (nSPS) is 19.7. The van der Waals surface area contributed by atoms with E-state index in [-0.39, 0.29) is 0 Å². The fourth-order valence-corrected chi connectivity index (χ4v) is 11.3. The average Bonchev–Trinajstić information content (AvgIpc) is 2.24. The predicted octanol–water partition coefficient (Wildman–Crippen LogP) is 2.11. The van der Waals surface area contributed by atoms with Crippen LogP contribution in [0.15, 0.2) is 30.3 Å². The molecule has 15 heavy (non-hydrogen) atoms. The number of benzene rings is 1.